The number of carboxylic acids is 1. The molecule has 0 aliphatic carbocycles. The van der Waals surface area contributed by atoms with Gasteiger partial charge in [-0.15, -0.1) is 0 Å². The number of benzene rings is 1. The van der Waals surface area contributed by atoms with Gasteiger partial charge in [-0.05, 0) is 12.5 Å². The van der Waals surface area contributed by atoms with Gasteiger partial charge in [-0.1, -0.05) is 13.3 Å². The van der Waals surface area contributed by atoms with Crippen molar-refractivity contribution in [3.63, 3.8) is 0 Å². The van der Waals surface area contributed by atoms with Crippen LogP contribution >= 0.6 is 0 Å². The predicted octanol–water partition coefficient (Wildman–Crippen LogP) is 3.10. The van der Waals surface area contributed by atoms with Crippen LogP contribution in [0.15, 0.2) is 18.2 Å². The number of nitrogens with zero attached hydrogens (tertiary/aromatic N) is 2. The summed E-state index contributed by atoms with van der Waals surface area (Å²) in [5, 5.41) is 19.8. The number of carbonyl (C=O) groups excluding carboxylic acids is 1. The Kier molecular flexibility index (Phi) is 6.27. The van der Waals surface area contributed by atoms with Crippen LogP contribution in [0, 0.1) is 10.1 Å². The van der Waals surface area contributed by atoms with Crippen LogP contribution in [-0.4, -0.2) is 46.1 Å². The van der Waals surface area contributed by atoms with E-state index in [9.17, 15) is 32.9 Å². The van der Waals surface area contributed by atoms with Crippen molar-refractivity contribution in [2.24, 2.45) is 0 Å². The van der Waals surface area contributed by atoms with Gasteiger partial charge in [0.2, 0.25) is 0 Å². The Morgan fingerprint density at radius 3 is 2.29 bits per heavy atom. The summed E-state index contributed by atoms with van der Waals surface area (Å²) in [5.74, 6) is -2.63. The van der Waals surface area contributed by atoms with Gasteiger partial charge in [0, 0.05) is 24.2 Å². The van der Waals surface area contributed by atoms with Crippen molar-refractivity contribution < 1.29 is 32.8 Å². The molecule has 132 valence electrons. The lowest BCUT2D eigenvalue weighted by atomic mass is 10.1. The minimum Gasteiger partial charge on any atom is -0.478 e. The summed E-state index contributed by atoms with van der Waals surface area (Å²) >= 11 is 0. The number of amides is 1. The molecule has 0 saturated carbocycles. The standard InChI is InChI=1S/C14H15F3N2O5/c1-2-3-4-18(8-14(15,16)17)12(20)9-5-10(13(21)22)7-11(6-9)19(23)24/h5-7H,2-4,8H2,1H3,(H,21,22). The van der Waals surface area contributed by atoms with E-state index in [1.54, 1.807) is 6.92 Å². The number of hydrogen-bond acceptors (Lipinski definition) is 4. The average Bonchev–Trinajstić information content (AvgIpc) is 2.49. The van der Waals surface area contributed by atoms with Gasteiger partial charge >= 0.3 is 12.1 Å². The molecule has 24 heavy (non-hydrogen) atoms. The van der Waals surface area contributed by atoms with Crippen molar-refractivity contribution in [1.29, 1.82) is 0 Å². The van der Waals surface area contributed by atoms with Gasteiger partial charge < -0.3 is 10.0 Å². The van der Waals surface area contributed by atoms with E-state index in [1.165, 1.54) is 0 Å². The molecule has 0 bridgehead atoms. The molecule has 0 aromatic heterocycles. The number of alkyl halides is 3. The zero-order valence-corrected chi connectivity index (χ0v) is 12.7. The molecule has 0 saturated heterocycles. The Balaban J connectivity index is 3.25. The van der Waals surface area contributed by atoms with E-state index in [0.717, 1.165) is 18.2 Å². The van der Waals surface area contributed by atoms with Crippen LogP contribution in [-0.2, 0) is 0 Å². The first-order chi connectivity index (χ1) is 11.0. The number of unbranched alkanes of at least 4 members (excludes halogenated alkanes) is 1. The number of non-ortho nitro benzene ring substituents is 1. The van der Waals surface area contributed by atoms with Gasteiger partial charge in [0.05, 0.1) is 10.5 Å². The molecule has 1 amide bonds. The van der Waals surface area contributed by atoms with Crippen LogP contribution in [0.5, 0.6) is 0 Å². The van der Waals surface area contributed by atoms with E-state index in [2.05, 4.69) is 0 Å². The fraction of sp³-hybridized carbons (Fsp3) is 0.429. The summed E-state index contributed by atoms with van der Waals surface area (Å²) in [4.78, 5) is 33.7. The Hall–Kier alpha value is -2.65. The summed E-state index contributed by atoms with van der Waals surface area (Å²) in [5.41, 5.74) is -1.70. The van der Waals surface area contributed by atoms with Gasteiger partial charge in [-0.3, -0.25) is 14.9 Å². The molecule has 0 atom stereocenters. The highest BCUT2D eigenvalue weighted by molar-refractivity contribution is 5.98. The van der Waals surface area contributed by atoms with Gasteiger partial charge in [0.15, 0.2) is 0 Å². The summed E-state index contributed by atoms with van der Waals surface area (Å²) in [7, 11) is 0. The summed E-state index contributed by atoms with van der Waals surface area (Å²) in [6, 6.07) is 2.33. The van der Waals surface area contributed by atoms with Crippen LogP contribution in [0.3, 0.4) is 0 Å². The van der Waals surface area contributed by atoms with E-state index in [1.807, 2.05) is 0 Å². The van der Waals surface area contributed by atoms with Crippen LogP contribution in [0.25, 0.3) is 0 Å². The summed E-state index contributed by atoms with van der Waals surface area (Å²) in [6.45, 7) is 0.0169. The summed E-state index contributed by atoms with van der Waals surface area (Å²) in [6.07, 6.45) is -3.79. The van der Waals surface area contributed by atoms with E-state index >= 15 is 0 Å². The largest absolute Gasteiger partial charge is 0.478 e. The molecule has 10 heteroatoms. The molecule has 1 rings (SSSR count). The molecule has 7 nitrogen and oxygen atoms in total. The zero-order chi connectivity index (χ0) is 18.5. The first-order valence-corrected chi connectivity index (χ1v) is 6.94. The van der Waals surface area contributed by atoms with Gasteiger partial charge in [0.25, 0.3) is 11.6 Å². The first-order valence-electron chi connectivity index (χ1n) is 6.94. The number of aromatic carboxylic acids is 1. The normalized spacial score (nSPS) is 11.2. The maximum absolute atomic E-state index is 12.6. The second-order valence-electron chi connectivity index (χ2n) is 5.03. The molecule has 1 aromatic carbocycles. The zero-order valence-electron chi connectivity index (χ0n) is 12.7. The van der Waals surface area contributed by atoms with Gasteiger partial charge in [-0.2, -0.15) is 13.2 Å². The molecule has 1 N–H and O–H groups in total. The summed E-state index contributed by atoms with van der Waals surface area (Å²) < 4.78 is 37.9. The maximum atomic E-state index is 12.6. The van der Waals surface area contributed by atoms with E-state index in [4.69, 9.17) is 5.11 Å². The van der Waals surface area contributed by atoms with Crippen molar-refractivity contribution >= 4 is 17.6 Å². The van der Waals surface area contributed by atoms with Crippen LogP contribution in [0.2, 0.25) is 0 Å². The van der Waals surface area contributed by atoms with E-state index in [0.29, 0.717) is 17.7 Å². The highest BCUT2D eigenvalue weighted by atomic mass is 19.4. The highest BCUT2D eigenvalue weighted by Crippen LogP contribution is 2.22. The van der Waals surface area contributed by atoms with Gasteiger partial charge in [-0.25, -0.2) is 4.79 Å². The average molecular weight is 348 g/mol. The molecule has 0 spiro atoms. The first kappa shape index (κ1) is 19.4. The minimum absolute atomic E-state index is 0.195. The second-order valence-corrected chi connectivity index (χ2v) is 5.03. The second kappa shape index (κ2) is 7.75. The van der Waals surface area contributed by atoms with Crippen LogP contribution in [0.4, 0.5) is 18.9 Å². The monoisotopic (exact) mass is 348 g/mol. The molecule has 0 aliphatic heterocycles. The number of carbonyl (C=O) groups is 2. The van der Waals surface area contributed by atoms with Crippen LogP contribution in [0.1, 0.15) is 40.5 Å². The minimum atomic E-state index is -4.64. The number of halogens is 3. The third kappa shape index (κ3) is 5.52. The predicted molar refractivity (Wildman–Crippen MR) is 76.9 cm³/mol. The lowest BCUT2D eigenvalue weighted by Crippen LogP contribution is -2.39. The topological polar surface area (TPSA) is 101 Å². The number of hydrogen-bond donors (Lipinski definition) is 1. The fourth-order valence-electron chi connectivity index (χ4n) is 1.96. The number of nitro groups is 1. The number of nitro benzene ring substituents is 1. The molecule has 0 heterocycles. The lowest BCUT2D eigenvalue weighted by Gasteiger charge is -2.24. The van der Waals surface area contributed by atoms with Crippen molar-refractivity contribution in [2.75, 3.05) is 13.1 Å². The SMILES string of the molecule is CCCCN(CC(F)(F)F)C(=O)c1cc(C(=O)O)cc([N+](=O)[O-])c1. The smallest absolute Gasteiger partial charge is 0.406 e. The highest BCUT2D eigenvalue weighted by Gasteiger charge is 2.33. The molecule has 0 aliphatic rings. The maximum Gasteiger partial charge on any atom is 0.406 e. The molecule has 0 unspecified atom stereocenters. The molecular weight excluding hydrogens is 333 g/mol. The third-order valence-corrected chi connectivity index (χ3v) is 3.06. The van der Waals surface area contributed by atoms with Crippen molar-refractivity contribution in [3.05, 3.63) is 39.4 Å². The van der Waals surface area contributed by atoms with Crippen molar-refractivity contribution in [2.45, 2.75) is 25.9 Å². The number of carboxylic acid groups (broad SMARTS) is 1. The van der Waals surface area contributed by atoms with E-state index < -0.39 is 46.3 Å². The Morgan fingerprint density at radius 1 is 1.25 bits per heavy atom. The fourth-order valence-corrected chi connectivity index (χ4v) is 1.96. The van der Waals surface area contributed by atoms with Crippen molar-refractivity contribution in [1.82, 2.24) is 4.90 Å². The van der Waals surface area contributed by atoms with Gasteiger partial charge in [0.1, 0.15) is 6.54 Å². The third-order valence-electron chi connectivity index (χ3n) is 3.06. The molecule has 1 aromatic rings. The number of rotatable bonds is 7. The Bertz CT molecular complexity index is 614. The quantitative estimate of drug-likeness (QED) is 0.603. The Labute approximate surface area is 134 Å². The Morgan fingerprint density at radius 2 is 1.83 bits per heavy atom. The molecular formula is C14H15F3N2O5. The van der Waals surface area contributed by atoms with E-state index in [-0.39, 0.29) is 6.54 Å². The van der Waals surface area contributed by atoms with Crippen molar-refractivity contribution in [3.8, 4) is 0 Å². The van der Waals surface area contributed by atoms with Crippen LogP contribution < -0.4 is 0 Å². The molecule has 0 radical (unpaired) electrons. The lowest BCUT2D eigenvalue weighted by molar-refractivity contribution is -0.384. The molecule has 0 fully saturated rings.